The highest BCUT2D eigenvalue weighted by molar-refractivity contribution is 5.15. The van der Waals surface area contributed by atoms with Crippen molar-refractivity contribution in [3.05, 3.63) is 108 Å². The minimum absolute atomic E-state index is 0.0690. The molecule has 0 aliphatic heterocycles. The molecule has 0 heterocycles. The quantitative estimate of drug-likeness (QED) is 0.439. The van der Waals surface area contributed by atoms with Crippen molar-refractivity contribution < 1.29 is 24.4 Å². The molecule has 1 unspecified atom stereocenters. The summed E-state index contributed by atoms with van der Waals surface area (Å²) in [5.74, 6) is 0. The maximum Gasteiger partial charge on any atom is 0.114 e. The zero-order valence-electron chi connectivity index (χ0n) is 17.5. The molecule has 5 heteroatoms. The second-order valence-corrected chi connectivity index (χ2v) is 7.35. The molecule has 3 aromatic carbocycles. The van der Waals surface area contributed by atoms with Crippen LogP contribution in [0, 0.1) is 0 Å². The van der Waals surface area contributed by atoms with E-state index in [1.54, 1.807) is 0 Å². The summed E-state index contributed by atoms with van der Waals surface area (Å²) in [5, 5.41) is 20.8. The lowest BCUT2D eigenvalue weighted by Crippen LogP contribution is -2.45. The first-order chi connectivity index (χ1) is 15.3. The summed E-state index contributed by atoms with van der Waals surface area (Å²) in [6.45, 7) is 0.793. The summed E-state index contributed by atoms with van der Waals surface area (Å²) < 4.78 is 17.6. The summed E-state index contributed by atoms with van der Waals surface area (Å²) in [6.07, 6.45) is -2.40. The van der Waals surface area contributed by atoms with E-state index in [-0.39, 0.29) is 13.2 Å². The number of rotatable bonds is 13. The Bertz CT molecular complexity index is 841. The number of ether oxygens (including phenoxy) is 3. The maximum absolute atomic E-state index is 10.8. The standard InChI is InChI=1S/C26H30O5/c27-16-25(30-18-22-12-6-2-7-13-22)26(31-19-23-14-8-3-9-15-23)24(28)20-29-17-21-10-4-1-5-11-21/h1-15,24-28H,16-20H2/t24-,25?,26-/m1/s1. The van der Waals surface area contributed by atoms with E-state index in [0.29, 0.717) is 19.8 Å². The third-order valence-electron chi connectivity index (χ3n) is 4.92. The van der Waals surface area contributed by atoms with Gasteiger partial charge < -0.3 is 24.4 Å². The first-order valence-corrected chi connectivity index (χ1v) is 10.5. The van der Waals surface area contributed by atoms with Gasteiger partial charge in [-0.1, -0.05) is 91.0 Å². The number of aliphatic hydroxyl groups is 2. The molecular weight excluding hydrogens is 392 g/mol. The minimum atomic E-state index is -0.958. The van der Waals surface area contributed by atoms with Gasteiger partial charge in [-0.2, -0.15) is 0 Å². The van der Waals surface area contributed by atoms with Gasteiger partial charge in [-0.05, 0) is 16.7 Å². The lowest BCUT2D eigenvalue weighted by Gasteiger charge is -2.30. The molecule has 0 aliphatic carbocycles. The van der Waals surface area contributed by atoms with Crippen LogP contribution in [0.15, 0.2) is 91.0 Å². The van der Waals surface area contributed by atoms with Crippen molar-refractivity contribution in [1.29, 1.82) is 0 Å². The highest BCUT2D eigenvalue weighted by atomic mass is 16.6. The molecule has 3 rings (SSSR count). The van der Waals surface area contributed by atoms with Crippen molar-refractivity contribution in [2.75, 3.05) is 13.2 Å². The van der Waals surface area contributed by atoms with Gasteiger partial charge >= 0.3 is 0 Å². The van der Waals surface area contributed by atoms with E-state index in [0.717, 1.165) is 16.7 Å². The monoisotopic (exact) mass is 422 g/mol. The highest BCUT2D eigenvalue weighted by Crippen LogP contribution is 2.16. The Labute approximate surface area is 183 Å². The van der Waals surface area contributed by atoms with E-state index in [1.165, 1.54) is 0 Å². The molecule has 0 saturated carbocycles. The number of hydrogen-bond acceptors (Lipinski definition) is 5. The molecule has 2 N–H and O–H groups in total. The molecule has 0 bridgehead atoms. The van der Waals surface area contributed by atoms with Gasteiger partial charge in [-0.3, -0.25) is 0 Å². The van der Waals surface area contributed by atoms with E-state index in [9.17, 15) is 10.2 Å². The lowest BCUT2D eigenvalue weighted by molar-refractivity contribution is -0.157. The van der Waals surface area contributed by atoms with Gasteiger partial charge in [-0.15, -0.1) is 0 Å². The molecule has 164 valence electrons. The Morgan fingerprint density at radius 2 is 1.06 bits per heavy atom. The fourth-order valence-electron chi connectivity index (χ4n) is 3.23. The Hall–Kier alpha value is -2.54. The zero-order chi connectivity index (χ0) is 21.7. The van der Waals surface area contributed by atoms with Crippen LogP contribution in [0.4, 0.5) is 0 Å². The van der Waals surface area contributed by atoms with Gasteiger partial charge in [0.25, 0.3) is 0 Å². The fraction of sp³-hybridized carbons (Fsp3) is 0.308. The summed E-state index contributed by atoms with van der Waals surface area (Å²) in [7, 11) is 0. The first-order valence-electron chi connectivity index (χ1n) is 10.5. The van der Waals surface area contributed by atoms with Crippen LogP contribution in [-0.4, -0.2) is 41.7 Å². The van der Waals surface area contributed by atoms with Crippen LogP contribution >= 0.6 is 0 Å². The summed E-state index contributed by atoms with van der Waals surface area (Å²) >= 11 is 0. The highest BCUT2D eigenvalue weighted by Gasteiger charge is 2.30. The molecule has 0 amide bonds. The van der Waals surface area contributed by atoms with Crippen LogP contribution in [0.25, 0.3) is 0 Å². The van der Waals surface area contributed by atoms with E-state index >= 15 is 0 Å². The van der Waals surface area contributed by atoms with E-state index in [2.05, 4.69) is 0 Å². The largest absolute Gasteiger partial charge is 0.394 e. The van der Waals surface area contributed by atoms with Crippen molar-refractivity contribution in [2.24, 2.45) is 0 Å². The second-order valence-electron chi connectivity index (χ2n) is 7.35. The summed E-state index contributed by atoms with van der Waals surface area (Å²) in [5.41, 5.74) is 2.98. The topological polar surface area (TPSA) is 68.2 Å². The summed E-state index contributed by atoms with van der Waals surface area (Å²) in [4.78, 5) is 0. The van der Waals surface area contributed by atoms with Gasteiger partial charge in [0.1, 0.15) is 18.3 Å². The molecule has 0 aromatic heterocycles. The molecule has 31 heavy (non-hydrogen) atoms. The van der Waals surface area contributed by atoms with Crippen molar-refractivity contribution in [2.45, 2.75) is 38.1 Å². The molecule has 0 radical (unpaired) electrons. The van der Waals surface area contributed by atoms with E-state index < -0.39 is 18.3 Å². The minimum Gasteiger partial charge on any atom is -0.394 e. The zero-order valence-corrected chi connectivity index (χ0v) is 17.5. The van der Waals surface area contributed by atoms with Crippen molar-refractivity contribution in [3.8, 4) is 0 Å². The summed E-state index contributed by atoms with van der Waals surface area (Å²) in [6, 6.07) is 29.2. The van der Waals surface area contributed by atoms with Gasteiger partial charge in [-0.25, -0.2) is 0 Å². The Morgan fingerprint density at radius 3 is 1.55 bits per heavy atom. The number of aliphatic hydroxyl groups excluding tert-OH is 2. The predicted molar refractivity (Wildman–Crippen MR) is 119 cm³/mol. The van der Waals surface area contributed by atoms with Crippen molar-refractivity contribution in [3.63, 3.8) is 0 Å². The van der Waals surface area contributed by atoms with Crippen LogP contribution in [0.1, 0.15) is 16.7 Å². The molecule has 0 aliphatic rings. The predicted octanol–water partition coefficient (Wildman–Crippen LogP) is 3.73. The smallest absolute Gasteiger partial charge is 0.114 e. The number of hydrogen-bond donors (Lipinski definition) is 2. The Morgan fingerprint density at radius 1 is 0.613 bits per heavy atom. The molecule has 3 aromatic rings. The van der Waals surface area contributed by atoms with Crippen molar-refractivity contribution >= 4 is 0 Å². The lowest BCUT2D eigenvalue weighted by atomic mass is 10.1. The second kappa shape index (κ2) is 13.0. The van der Waals surface area contributed by atoms with Crippen LogP contribution in [0.5, 0.6) is 0 Å². The Balaban J connectivity index is 1.61. The van der Waals surface area contributed by atoms with Crippen LogP contribution in [0.2, 0.25) is 0 Å². The fourth-order valence-corrected chi connectivity index (χ4v) is 3.23. The average Bonchev–Trinajstić information content (AvgIpc) is 2.83. The molecule has 3 atom stereocenters. The molecule has 0 saturated heterocycles. The van der Waals surface area contributed by atoms with Gasteiger partial charge in [0.2, 0.25) is 0 Å². The van der Waals surface area contributed by atoms with Gasteiger partial charge in [0.15, 0.2) is 0 Å². The molecule has 0 fully saturated rings. The normalized spacial score (nSPS) is 14.1. The van der Waals surface area contributed by atoms with Crippen LogP contribution in [-0.2, 0) is 34.0 Å². The van der Waals surface area contributed by atoms with E-state index in [1.807, 2.05) is 91.0 Å². The third-order valence-corrected chi connectivity index (χ3v) is 4.92. The third kappa shape index (κ3) is 7.90. The average molecular weight is 423 g/mol. The molecule has 0 spiro atoms. The SMILES string of the molecule is OCC(OCc1ccccc1)[C@H](OCc1ccccc1)[C@H](O)COCc1ccccc1. The molecular formula is C26H30O5. The Kier molecular flexibility index (Phi) is 9.70. The van der Waals surface area contributed by atoms with Gasteiger partial charge in [0, 0.05) is 0 Å². The van der Waals surface area contributed by atoms with Crippen LogP contribution < -0.4 is 0 Å². The maximum atomic E-state index is 10.8. The number of benzene rings is 3. The van der Waals surface area contributed by atoms with Crippen LogP contribution in [0.3, 0.4) is 0 Å². The first kappa shape index (κ1) is 23.1. The van der Waals surface area contributed by atoms with Gasteiger partial charge in [0.05, 0.1) is 33.0 Å². The molecule has 5 nitrogen and oxygen atoms in total. The van der Waals surface area contributed by atoms with E-state index in [4.69, 9.17) is 14.2 Å². The van der Waals surface area contributed by atoms with Crippen molar-refractivity contribution in [1.82, 2.24) is 0 Å².